The van der Waals surface area contributed by atoms with E-state index in [9.17, 15) is 35.1 Å². The average Bonchev–Trinajstić information content (AvgIpc) is 3.69. The predicted octanol–water partition coefficient (Wildman–Crippen LogP) is 1.71. The fourth-order valence-corrected chi connectivity index (χ4v) is 18.1. The summed E-state index contributed by atoms with van der Waals surface area (Å²) in [6.07, 6.45) is 19.9. The van der Waals surface area contributed by atoms with Crippen molar-refractivity contribution in [2.24, 2.45) is 92.2 Å². The summed E-state index contributed by atoms with van der Waals surface area (Å²) >= 11 is 0. The third-order valence-electron chi connectivity index (χ3n) is 21.0. The number of aliphatic carboxylic acids is 2. The largest absolute Gasteiger partial charge is 1.00 e. The number of rotatable bonds is 8. The molecule has 8 saturated carbocycles. The first-order chi connectivity index (χ1) is 26.4. The van der Waals surface area contributed by atoms with Gasteiger partial charge < -0.3 is 35.1 Å². The van der Waals surface area contributed by atoms with Crippen LogP contribution >= 0.6 is 0 Å². The Morgan fingerprint density at radius 2 is 1.16 bits per heavy atom. The van der Waals surface area contributed by atoms with Gasteiger partial charge in [-0.3, -0.25) is 0 Å². The van der Waals surface area contributed by atoms with Crippen LogP contribution in [0.25, 0.3) is 0 Å². The summed E-state index contributed by atoms with van der Waals surface area (Å²) in [5, 5.41) is 55.2. The van der Waals surface area contributed by atoms with E-state index in [1.807, 2.05) is 0 Å². The zero-order chi connectivity index (χ0) is 40.6. The van der Waals surface area contributed by atoms with Crippen molar-refractivity contribution in [2.75, 3.05) is 0 Å². The van der Waals surface area contributed by atoms with Gasteiger partial charge in [-0.25, -0.2) is 0 Å². The fraction of sp³-hybridized carbons (Fsp3) is 0.959. The van der Waals surface area contributed by atoms with Crippen LogP contribution in [-0.2, 0) is 9.59 Å². The van der Waals surface area contributed by atoms with Gasteiger partial charge in [0, 0.05) is 11.4 Å². The second-order valence-electron chi connectivity index (χ2n) is 22.9. The average molecular weight is 827 g/mol. The van der Waals surface area contributed by atoms with Gasteiger partial charge in [-0.15, -0.1) is 0 Å². The van der Waals surface area contributed by atoms with Crippen LogP contribution in [0.15, 0.2) is 0 Å². The summed E-state index contributed by atoms with van der Waals surface area (Å²) in [5.41, 5.74) is -0.609. The zero-order valence-corrected chi connectivity index (χ0v) is 42.4. The number of carbonyl (C=O) groups excluding carboxylic acids is 2. The molecule has 58 heavy (non-hydrogen) atoms. The number of carbonyl (C=O) groups is 2. The van der Waals surface area contributed by atoms with Crippen molar-refractivity contribution in [2.45, 2.75) is 202 Å². The van der Waals surface area contributed by atoms with Crippen LogP contribution in [-0.4, -0.2) is 45.6 Å². The van der Waals surface area contributed by atoms with Gasteiger partial charge in [-0.2, -0.15) is 0 Å². The van der Waals surface area contributed by atoms with E-state index < -0.39 is 35.0 Å². The molecule has 0 aromatic rings. The molecular formula is C49H80Na2O7. The van der Waals surface area contributed by atoms with E-state index in [-0.39, 0.29) is 78.1 Å². The first-order valence-corrected chi connectivity index (χ1v) is 23.8. The van der Waals surface area contributed by atoms with Gasteiger partial charge in [0.1, 0.15) is 0 Å². The Labute approximate surface area is 396 Å². The van der Waals surface area contributed by atoms with E-state index >= 15 is 0 Å². The van der Waals surface area contributed by atoms with E-state index in [0.29, 0.717) is 65.1 Å². The molecule has 19 atom stereocenters. The van der Waals surface area contributed by atoms with Crippen molar-refractivity contribution in [3.63, 3.8) is 0 Å². The Kier molecular flexibility index (Phi) is 16.1. The molecule has 3 N–H and O–H groups in total. The Morgan fingerprint density at radius 1 is 0.621 bits per heavy atom. The van der Waals surface area contributed by atoms with Gasteiger partial charge in [0.15, 0.2) is 0 Å². The summed E-state index contributed by atoms with van der Waals surface area (Å²) in [6.45, 7) is 16.7. The molecule has 8 rings (SSSR count). The fourth-order valence-electron chi connectivity index (χ4n) is 18.1. The second-order valence-corrected chi connectivity index (χ2v) is 22.9. The van der Waals surface area contributed by atoms with Crippen LogP contribution in [0.5, 0.6) is 0 Å². The molecule has 0 amide bonds. The molecule has 8 fully saturated rings. The van der Waals surface area contributed by atoms with E-state index in [4.69, 9.17) is 0 Å². The monoisotopic (exact) mass is 827 g/mol. The van der Waals surface area contributed by atoms with Crippen molar-refractivity contribution in [3.05, 3.63) is 0 Å². The maximum Gasteiger partial charge on any atom is 1.00 e. The Balaban J connectivity index is 0.000000214. The van der Waals surface area contributed by atoms with Crippen LogP contribution in [0.3, 0.4) is 0 Å². The molecule has 0 radical (unpaired) electrons. The molecule has 8 aliphatic rings. The Morgan fingerprint density at radius 3 is 1.74 bits per heavy atom. The maximum absolute atomic E-state index is 12.5. The normalized spacial score (nSPS) is 49.9. The zero-order valence-electron chi connectivity index (χ0n) is 38.4. The van der Waals surface area contributed by atoms with Gasteiger partial charge in [-0.1, -0.05) is 61.3 Å². The number of carboxylic acids is 2. The van der Waals surface area contributed by atoms with E-state index in [1.165, 1.54) is 77.0 Å². The first-order valence-electron chi connectivity index (χ1n) is 23.8. The SMILES string of the molecule is CCC[C@@H](C)[C@H]1CCC2C3C[C@H](O)C4(C(=O)[O-])C[C@H](O)CC[C@]4(C)C3CC[C@@]21C.C[C@H](CCC(=O)[O-])[C@H]1CCC2C3CCC4C[C@H](O)CC[C@]4(C)C3CC[C@@]21C.[Na+].[Na+]. The number of fused-ring (bicyclic) bond motifs is 10. The summed E-state index contributed by atoms with van der Waals surface area (Å²) in [5.74, 6) is 5.19. The minimum atomic E-state index is -1.30. The summed E-state index contributed by atoms with van der Waals surface area (Å²) in [6, 6.07) is 0. The molecule has 0 heterocycles. The molecule has 0 bridgehead atoms. The van der Waals surface area contributed by atoms with Gasteiger partial charge in [-0.05, 0) is 209 Å². The van der Waals surface area contributed by atoms with Crippen LogP contribution in [0, 0.1) is 92.2 Å². The van der Waals surface area contributed by atoms with Gasteiger partial charge in [0.05, 0.1) is 24.3 Å². The topological polar surface area (TPSA) is 141 Å². The summed E-state index contributed by atoms with van der Waals surface area (Å²) < 4.78 is 0. The van der Waals surface area contributed by atoms with Crippen molar-refractivity contribution < 1.29 is 94.2 Å². The molecule has 320 valence electrons. The maximum atomic E-state index is 12.5. The third-order valence-corrected chi connectivity index (χ3v) is 21.0. The Bertz CT molecular complexity index is 1440. The molecule has 8 unspecified atom stereocenters. The second kappa shape index (κ2) is 18.7. The van der Waals surface area contributed by atoms with E-state index in [0.717, 1.165) is 61.2 Å². The summed E-state index contributed by atoms with van der Waals surface area (Å²) in [7, 11) is 0. The van der Waals surface area contributed by atoms with Gasteiger partial charge in [0.25, 0.3) is 0 Å². The number of carboxylic acid groups (broad SMARTS) is 2. The van der Waals surface area contributed by atoms with Crippen LogP contribution < -0.4 is 69.3 Å². The van der Waals surface area contributed by atoms with E-state index in [2.05, 4.69) is 48.5 Å². The molecule has 0 aromatic heterocycles. The minimum Gasteiger partial charge on any atom is -0.550 e. The molecule has 8 aliphatic carbocycles. The number of hydrogen-bond acceptors (Lipinski definition) is 7. The quantitative estimate of drug-likeness (QED) is 0.317. The van der Waals surface area contributed by atoms with Crippen LogP contribution in [0.4, 0.5) is 0 Å². The number of aliphatic hydroxyl groups excluding tert-OH is 3. The molecule has 0 saturated heterocycles. The Hall–Kier alpha value is 0.820. The number of aliphatic hydroxyl groups is 3. The molecular weight excluding hydrogens is 747 g/mol. The molecule has 0 aromatic carbocycles. The van der Waals surface area contributed by atoms with Crippen LogP contribution in [0.1, 0.15) is 183 Å². The first kappa shape index (κ1) is 49.8. The van der Waals surface area contributed by atoms with Crippen LogP contribution in [0.2, 0.25) is 0 Å². The van der Waals surface area contributed by atoms with E-state index in [1.54, 1.807) is 0 Å². The predicted molar refractivity (Wildman–Crippen MR) is 215 cm³/mol. The number of hydrogen-bond donors (Lipinski definition) is 3. The molecule has 9 heteroatoms. The van der Waals surface area contributed by atoms with Gasteiger partial charge in [0.2, 0.25) is 0 Å². The molecule has 0 spiro atoms. The molecule has 0 aliphatic heterocycles. The minimum absolute atomic E-state index is 0. The smallest absolute Gasteiger partial charge is 0.550 e. The van der Waals surface area contributed by atoms with Crippen molar-refractivity contribution >= 4 is 11.9 Å². The third kappa shape index (κ3) is 8.10. The summed E-state index contributed by atoms with van der Waals surface area (Å²) in [4.78, 5) is 23.4. The molecule has 7 nitrogen and oxygen atoms in total. The van der Waals surface area contributed by atoms with Crippen molar-refractivity contribution in [1.82, 2.24) is 0 Å². The van der Waals surface area contributed by atoms with Crippen molar-refractivity contribution in [3.8, 4) is 0 Å². The van der Waals surface area contributed by atoms with Crippen molar-refractivity contribution in [1.29, 1.82) is 0 Å². The van der Waals surface area contributed by atoms with Gasteiger partial charge >= 0.3 is 59.1 Å². The standard InChI is InChI=1S/C25H42O4.C24H40O3.2Na/c1-5-6-15(2)18-7-8-19-17-13-21(27)25(22(28)29)14-16(26)9-12-24(25,4)20(17)10-11-23(18,19)3;1-15(4-9-22(26)27)19-7-8-20-18-6-5-16-14-17(25)10-12-23(16,2)21(18)11-13-24(19,20)3;;/h15-21,26-27H,5-14H2,1-4H3,(H,28,29);15-21,25H,4-14H2,1-3H3,(H,26,27);;/q;;2*+1/p-2/t15-,16-,17?,18-,19?,20?,21+,23-,24-,25?;15-,16?,17-,18?,19-,20?,21?,23+,24-;;/m11../s1.